The third kappa shape index (κ3) is 5.31. The zero-order chi connectivity index (χ0) is 18.2. The van der Waals surface area contributed by atoms with Crippen molar-refractivity contribution in [1.29, 1.82) is 0 Å². The summed E-state index contributed by atoms with van der Waals surface area (Å²) in [7, 11) is 1.52. The fourth-order valence-corrected chi connectivity index (χ4v) is 2.25. The van der Waals surface area contributed by atoms with Crippen molar-refractivity contribution in [1.82, 2.24) is 0 Å². The second-order valence-corrected chi connectivity index (χ2v) is 5.28. The maximum atomic E-state index is 12.9. The molecule has 1 amide bonds. The van der Waals surface area contributed by atoms with Crippen LogP contribution in [0.1, 0.15) is 30.1 Å². The summed E-state index contributed by atoms with van der Waals surface area (Å²) < 4.78 is 23.5. The molecule has 0 saturated heterocycles. The number of rotatable bonds is 8. The highest BCUT2D eigenvalue weighted by Crippen LogP contribution is 2.30. The van der Waals surface area contributed by atoms with E-state index in [2.05, 4.69) is 5.32 Å². The Morgan fingerprint density at radius 1 is 1.04 bits per heavy atom. The molecule has 0 aliphatic heterocycles. The number of ketones is 1. The number of halogens is 1. The van der Waals surface area contributed by atoms with Gasteiger partial charge in [-0.15, -0.1) is 0 Å². The van der Waals surface area contributed by atoms with Crippen LogP contribution in [0.25, 0.3) is 0 Å². The van der Waals surface area contributed by atoms with Crippen molar-refractivity contribution in [3.8, 4) is 11.5 Å². The van der Waals surface area contributed by atoms with Gasteiger partial charge in [0.25, 0.3) is 0 Å². The van der Waals surface area contributed by atoms with Gasteiger partial charge in [0, 0.05) is 30.2 Å². The van der Waals surface area contributed by atoms with E-state index in [1.807, 2.05) is 6.92 Å². The summed E-state index contributed by atoms with van der Waals surface area (Å²) in [4.78, 5) is 24.0. The molecule has 0 atom stereocenters. The minimum absolute atomic E-state index is 0.0335. The summed E-state index contributed by atoms with van der Waals surface area (Å²) in [5.41, 5.74) is 0.941. The van der Waals surface area contributed by atoms with Crippen LogP contribution in [0, 0.1) is 5.82 Å². The lowest BCUT2D eigenvalue weighted by molar-refractivity contribution is -0.116. The highest BCUT2D eigenvalue weighted by atomic mass is 19.1. The number of hydrogen-bond acceptors (Lipinski definition) is 4. The average molecular weight is 345 g/mol. The molecule has 2 aromatic rings. The summed E-state index contributed by atoms with van der Waals surface area (Å²) >= 11 is 0. The highest BCUT2D eigenvalue weighted by molar-refractivity contribution is 6.00. The number of hydrogen-bond donors (Lipinski definition) is 1. The van der Waals surface area contributed by atoms with Crippen molar-refractivity contribution in [2.45, 2.75) is 19.8 Å². The van der Waals surface area contributed by atoms with Gasteiger partial charge in [0.05, 0.1) is 13.7 Å². The van der Waals surface area contributed by atoms with E-state index in [9.17, 15) is 14.0 Å². The van der Waals surface area contributed by atoms with Crippen LogP contribution >= 0.6 is 0 Å². The Morgan fingerprint density at radius 2 is 1.76 bits per heavy atom. The standard InChI is InChI=1S/C19H20FNO4/c1-3-25-17-10-8-15(12-18(17)24-2)21-19(23)11-9-16(22)13-4-6-14(20)7-5-13/h4-8,10,12H,3,9,11H2,1-2H3,(H,21,23). The third-order valence-electron chi connectivity index (χ3n) is 3.49. The smallest absolute Gasteiger partial charge is 0.224 e. The fraction of sp³-hybridized carbons (Fsp3) is 0.263. The molecule has 0 saturated carbocycles. The Balaban J connectivity index is 1.91. The molecule has 2 rings (SSSR count). The molecular weight excluding hydrogens is 325 g/mol. The number of benzene rings is 2. The van der Waals surface area contributed by atoms with Gasteiger partial charge in [-0.1, -0.05) is 0 Å². The zero-order valence-electron chi connectivity index (χ0n) is 14.2. The van der Waals surface area contributed by atoms with Gasteiger partial charge in [0.15, 0.2) is 17.3 Å². The van der Waals surface area contributed by atoms with Gasteiger partial charge in [-0.05, 0) is 43.3 Å². The van der Waals surface area contributed by atoms with Gasteiger partial charge in [-0.2, -0.15) is 0 Å². The van der Waals surface area contributed by atoms with Gasteiger partial charge in [-0.25, -0.2) is 4.39 Å². The number of carbonyl (C=O) groups is 2. The number of methoxy groups -OCH3 is 1. The van der Waals surface area contributed by atoms with Gasteiger partial charge in [0.2, 0.25) is 5.91 Å². The second-order valence-electron chi connectivity index (χ2n) is 5.28. The van der Waals surface area contributed by atoms with E-state index in [4.69, 9.17) is 9.47 Å². The van der Waals surface area contributed by atoms with Crippen molar-refractivity contribution in [3.63, 3.8) is 0 Å². The molecule has 5 nitrogen and oxygen atoms in total. The molecule has 0 heterocycles. The maximum Gasteiger partial charge on any atom is 0.224 e. The topological polar surface area (TPSA) is 64.6 Å². The number of anilines is 1. The van der Waals surface area contributed by atoms with Gasteiger partial charge >= 0.3 is 0 Å². The molecule has 0 bridgehead atoms. The first kappa shape index (κ1) is 18.4. The molecule has 0 fully saturated rings. The second kappa shape index (κ2) is 8.82. The molecule has 0 aliphatic carbocycles. The predicted molar refractivity (Wildman–Crippen MR) is 92.8 cm³/mol. The molecule has 25 heavy (non-hydrogen) atoms. The van der Waals surface area contributed by atoms with Crippen LogP contribution in [0.2, 0.25) is 0 Å². The molecule has 132 valence electrons. The Labute approximate surface area is 145 Å². The van der Waals surface area contributed by atoms with Crippen LogP contribution in [0.5, 0.6) is 11.5 Å². The fourth-order valence-electron chi connectivity index (χ4n) is 2.25. The van der Waals surface area contributed by atoms with Crippen LogP contribution in [-0.4, -0.2) is 25.4 Å². The zero-order valence-corrected chi connectivity index (χ0v) is 14.2. The molecule has 1 N–H and O–H groups in total. The quantitative estimate of drug-likeness (QED) is 0.739. The summed E-state index contributed by atoms with van der Waals surface area (Å²) in [6.45, 7) is 2.38. The number of ether oxygens (including phenoxy) is 2. The molecular formula is C19H20FNO4. The Kier molecular flexibility index (Phi) is 6.51. The molecule has 0 spiro atoms. The number of Topliss-reactive ketones (excluding diaryl/α,β-unsaturated/α-hetero) is 1. The van der Waals surface area contributed by atoms with E-state index in [0.717, 1.165) is 0 Å². The predicted octanol–water partition coefficient (Wildman–Crippen LogP) is 3.83. The SMILES string of the molecule is CCOc1ccc(NC(=O)CCC(=O)c2ccc(F)cc2)cc1OC. The third-order valence-corrected chi connectivity index (χ3v) is 3.49. The van der Waals surface area contributed by atoms with Crippen molar-refractivity contribution < 1.29 is 23.5 Å². The van der Waals surface area contributed by atoms with Crippen molar-refractivity contribution in [3.05, 3.63) is 53.8 Å². The van der Waals surface area contributed by atoms with Crippen LogP contribution in [-0.2, 0) is 4.79 Å². The van der Waals surface area contributed by atoms with E-state index >= 15 is 0 Å². The largest absolute Gasteiger partial charge is 0.493 e. The minimum atomic E-state index is -0.404. The number of nitrogens with one attached hydrogen (secondary N) is 1. The van der Waals surface area contributed by atoms with E-state index in [1.54, 1.807) is 18.2 Å². The highest BCUT2D eigenvalue weighted by Gasteiger charge is 2.11. The van der Waals surface area contributed by atoms with Gasteiger partial charge in [-0.3, -0.25) is 9.59 Å². The molecule has 2 aromatic carbocycles. The van der Waals surface area contributed by atoms with E-state index in [-0.39, 0.29) is 24.5 Å². The lowest BCUT2D eigenvalue weighted by Crippen LogP contribution is -2.13. The van der Waals surface area contributed by atoms with E-state index in [0.29, 0.717) is 29.4 Å². The summed E-state index contributed by atoms with van der Waals surface area (Å²) in [6.07, 6.45) is 0.0807. The monoisotopic (exact) mass is 345 g/mol. The van der Waals surface area contributed by atoms with Crippen molar-refractivity contribution >= 4 is 17.4 Å². The van der Waals surface area contributed by atoms with Gasteiger partial charge < -0.3 is 14.8 Å². The van der Waals surface area contributed by atoms with Crippen LogP contribution in [0.15, 0.2) is 42.5 Å². The van der Waals surface area contributed by atoms with Crippen LogP contribution < -0.4 is 14.8 Å². The molecule has 0 aliphatic rings. The van der Waals surface area contributed by atoms with Crippen molar-refractivity contribution in [2.24, 2.45) is 0 Å². The number of carbonyl (C=O) groups excluding carboxylic acids is 2. The molecule has 0 unspecified atom stereocenters. The van der Waals surface area contributed by atoms with Gasteiger partial charge in [0.1, 0.15) is 5.82 Å². The Morgan fingerprint density at radius 3 is 2.40 bits per heavy atom. The lowest BCUT2D eigenvalue weighted by atomic mass is 10.1. The minimum Gasteiger partial charge on any atom is -0.493 e. The first-order valence-electron chi connectivity index (χ1n) is 7.93. The first-order valence-corrected chi connectivity index (χ1v) is 7.93. The summed E-state index contributed by atoms with van der Waals surface area (Å²) in [5, 5.41) is 2.72. The molecule has 0 aromatic heterocycles. The molecule has 0 radical (unpaired) electrons. The number of amides is 1. The lowest BCUT2D eigenvalue weighted by Gasteiger charge is -2.11. The Bertz CT molecular complexity index is 744. The first-order chi connectivity index (χ1) is 12.0. The van der Waals surface area contributed by atoms with E-state index in [1.165, 1.54) is 31.4 Å². The Hall–Kier alpha value is -2.89. The summed E-state index contributed by atoms with van der Waals surface area (Å²) in [5.74, 6) is 0.205. The van der Waals surface area contributed by atoms with Crippen LogP contribution in [0.3, 0.4) is 0 Å². The van der Waals surface area contributed by atoms with Crippen molar-refractivity contribution in [2.75, 3.05) is 19.0 Å². The maximum absolute atomic E-state index is 12.9. The average Bonchev–Trinajstić information content (AvgIpc) is 2.61. The normalized spacial score (nSPS) is 10.2. The van der Waals surface area contributed by atoms with E-state index < -0.39 is 5.82 Å². The molecule has 6 heteroatoms. The summed E-state index contributed by atoms with van der Waals surface area (Å²) in [6, 6.07) is 10.3. The van der Waals surface area contributed by atoms with Crippen LogP contribution in [0.4, 0.5) is 10.1 Å².